The van der Waals surface area contributed by atoms with Gasteiger partial charge in [-0.15, -0.1) is 0 Å². The maximum Gasteiger partial charge on any atom is 0.164 e. The number of furan rings is 2. The average molecular weight is 883 g/mol. The predicted octanol–water partition coefficient (Wildman–Crippen LogP) is 16.8. The zero-order chi connectivity index (χ0) is 45.4. The second-order valence-electron chi connectivity index (χ2n) is 17.5. The molecule has 14 aromatic rings. The number of aromatic nitrogens is 4. The van der Waals surface area contributed by atoms with Crippen LogP contribution < -0.4 is 0 Å². The van der Waals surface area contributed by atoms with Gasteiger partial charge in [0.25, 0.3) is 0 Å². The standard InChI is InChI=1S/C63H38N4O2/c1-4-14-39(15-5-1)41-26-28-43(29-27-41)62-64-61(42-18-8-3-9-19-42)65-63(66-62)46-31-34-50-49-33-30-45(37-57(49)69-58(50)38-46)47-21-12-24-55-59(47)60-54(23-13-25-56(60)68-55)67-52-22-11-10-20-48(52)51-36-44(32-35-53(51)67)40-16-6-2-7-17-40/h1-38H. The van der Waals surface area contributed by atoms with Gasteiger partial charge >= 0.3 is 0 Å². The molecule has 0 aliphatic carbocycles. The highest BCUT2D eigenvalue weighted by molar-refractivity contribution is 6.19. The Balaban J connectivity index is 0.883. The lowest BCUT2D eigenvalue weighted by Crippen LogP contribution is -2.00. The smallest absolute Gasteiger partial charge is 0.164 e. The molecule has 0 atom stereocenters. The van der Waals surface area contributed by atoms with Gasteiger partial charge in [-0.3, -0.25) is 0 Å². The Morgan fingerprint density at radius 3 is 1.46 bits per heavy atom. The first-order valence-corrected chi connectivity index (χ1v) is 23.2. The molecule has 4 heterocycles. The summed E-state index contributed by atoms with van der Waals surface area (Å²) in [6.45, 7) is 0. The molecule has 6 nitrogen and oxygen atoms in total. The van der Waals surface area contributed by atoms with Gasteiger partial charge in [0.2, 0.25) is 0 Å². The lowest BCUT2D eigenvalue weighted by molar-refractivity contribution is 0.668. The molecule has 4 aromatic heterocycles. The van der Waals surface area contributed by atoms with Crippen LogP contribution >= 0.6 is 0 Å². The van der Waals surface area contributed by atoms with E-state index in [-0.39, 0.29) is 0 Å². The van der Waals surface area contributed by atoms with E-state index in [9.17, 15) is 0 Å². The summed E-state index contributed by atoms with van der Waals surface area (Å²) in [4.78, 5) is 15.1. The van der Waals surface area contributed by atoms with Crippen LogP contribution in [0.3, 0.4) is 0 Å². The number of hydrogen-bond acceptors (Lipinski definition) is 5. The third kappa shape index (κ3) is 6.45. The van der Waals surface area contributed by atoms with Crippen molar-refractivity contribution in [2.75, 3.05) is 0 Å². The molecular weight excluding hydrogens is 845 g/mol. The topological polar surface area (TPSA) is 69.9 Å². The van der Waals surface area contributed by atoms with Crippen molar-refractivity contribution in [2.24, 2.45) is 0 Å². The summed E-state index contributed by atoms with van der Waals surface area (Å²) in [5.41, 5.74) is 16.0. The molecule has 0 saturated carbocycles. The summed E-state index contributed by atoms with van der Waals surface area (Å²) >= 11 is 0. The highest BCUT2D eigenvalue weighted by Crippen LogP contribution is 2.44. The van der Waals surface area contributed by atoms with Gasteiger partial charge < -0.3 is 13.4 Å². The van der Waals surface area contributed by atoms with Crippen LogP contribution in [-0.4, -0.2) is 19.5 Å². The quantitative estimate of drug-likeness (QED) is 0.159. The van der Waals surface area contributed by atoms with Crippen LogP contribution in [0, 0.1) is 0 Å². The fraction of sp³-hybridized carbons (Fsp3) is 0. The van der Waals surface area contributed by atoms with E-state index in [4.69, 9.17) is 23.8 Å². The minimum absolute atomic E-state index is 0.572. The zero-order valence-electron chi connectivity index (χ0n) is 37.0. The van der Waals surface area contributed by atoms with E-state index in [0.29, 0.717) is 17.5 Å². The van der Waals surface area contributed by atoms with Crippen molar-refractivity contribution >= 4 is 65.7 Å². The van der Waals surface area contributed by atoms with Crippen molar-refractivity contribution in [3.63, 3.8) is 0 Å². The summed E-state index contributed by atoms with van der Waals surface area (Å²) in [5.74, 6) is 1.78. The molecule has 0 spiro atoms. The van der Waals surface area contributed by atoms with E-state index < -0.39 is 0 Å². The zero-order valence-corrected chi connectivity index (χ0v) is 37.0. The maximum absolute atomic E-state index is 6.76. The average Bonchev–Trinajstić information content (AvgIpc) is 4.10. The Kier molecular flexibility index (Phi) is 8.79. The normalized spacial score (nSPS) is 11.8. The first-order valence-electron chi connectivity index (χ1n) is 23.2. The summed E-state index contributed by atoms with van der Waals surface area (Å²) in [6.07, 6.45) is 0. The highest BCUT2D eigenvalue weighted by Gasteiger charge is 2.22. The van der Waals surface area contributed by atoms with Gasteiger partial charge in [0.1, 0.15) is 22.3 Å². The Hall–Kier alpha value is -9.39. The molecule has 10 aromatic carbocycles. The van der Waals surface area contributed by atoms with Crippen LogP contribution in [0.25, 0.3) is 139 Å². The van der Waals surface area contributed by atoms with Crippen LogP contribution in [0.4, 0.5) is 0 Å². The molecule has 0 aliphatic rings. The van der Waals surface area contributed by atoms with Gasteiger partial charge in [0, 0.05) is 43.6 Å². The molecular formula is C63H38N4O2. The third-order valence-electron chi connectivity index (χ3n) is 13.5. The maximum atomic E-state index is 6.76. The molecule has 0 bridgehead atoms. The minimum Gasteiger partial charge on any atom is -0.456 e. The summed E-state index contributed by atoms with van der Waals surface area (Å²) in [5, 5.41) is 6.58. The summed E-state index contributed by atoms with van der Waals surface area (Å²) in [6, 6.07) is 80.4. The molecule has 0 amide bonds. The van der Waals surface area contributed by atoms with Gasteiger partial charge in [-0.1, -0.05) is 170 Å². The van der Waals surface area contributed by atoms with E-state index in [2.05, 4.69) is 193 Å². The molecule has 0 radical (unpaired) electrons. The van der Waals surface area contributed by atoms with Crippen LogP contribution in [-0.2, 0) is 0 Å². The number of benzene rings is 10. The van der Waals surface area contributed by atoms with E-state index in [1.807, 2.05) is 42.5 Å². The summed E-state index contributed by atoms with van der Waals surface area (Å²) < 4.78 is 15.8. The lowest BCUT2D eigenvalue weighted by atomic mass is 9.97. The SMILES string of the molecule is c1ccc(-c2ccc(-c3nc(-c4ccccc4)nc(-c4ccc5c(c4)oc4cc(-c6cccc7oc8cccc(-n9c%10ccccc%10c%10cc(-c%11ccccc%11)ccc%109)c8c67)ccc45)n3)cc2)cc1. The van der Waals surface area contributed by atoms with Gasteiger partial charge in [-0.05, 0) is 94.0 Å². The van der Waals surface area contributed by atoms with Crippen LogP contribution in [0.2, 0.25) is 0 Å². The Morgan fingerprint density at radius 1 is 0.275 bits per heavy atom. The van der Waals surface area contributed by atoms with Crippen LogP contribution in [0.15, 0.2) is 239 Å². The number of nitrogens with zero attached hydrogens (tertiary/aromatic N) is 4. The molecule has 14 rings (SSSR count). The van der Waals surface area contributed by atoms with E-state index in [1.54, 1.807) is 0 Å². The highest BCUT2D eigenvalue weighted by atomic mass is 16.3. The van der Waals surface area contributed by atoms with E-state index >= 15 is 0 Å². The second-order valence-corrected chi connectivity index (χ2v) is 17.5. The fourth-order valence-corrected chi connectivity index (χ4v) is 10.2. The van der Waals surface area contributed by atoms with Crippen molar-refractivity contribution < 1.29 is 8.83 Å². The molecule has 0 N–H and O–H groups in total. The van der Waals surface area contributed by atoms with Crippen molar-refractivity contribution in [1.82, 2.24) is 19.5 Å². The number of rotatable bonds is 7. The van der Waals surface area contributed by atoms with Gasteiger partial charge in [-0.2, -0.15) is 0 Å². The summed E-state index contributed by atoms with van der Waals surface area (Å²) in [7, 11) is 0. The molecule has 0 aliphatic heterocycles. The van der Waals surface area contributed by atoms with Crippen molar-refractivity contribution in [3.8, 4) is 73.2 Å². The monoisotopic (exact) mass is 882 g/mol. The van der Waals surface area contributed by atoms with Gasteiger partial charge in [0.05, 0.1) is 22.1 Å². The van der Waals surface area contributed by atoms with Crippen molar-refractivity contribution in [3.05, 3.63) is 231 Å². The van der Waals surface area contributed by atoms with Crippen molar-refractivity contribution in [2.45, 2.75) is 0 Å². The number of para-hydroxylation sites is 1. The van der Waals surface area contributed by atoms with Crippen LogP contribution in [0.1, 0.15) is 0 Å². The first kappa shape index (κ1) is 38.8. The van der Waals surface area contributed by atoms with E-state index in [0.717, 1.165) is 99.5 Å². The molecule has 0 fully saturated rings. The van der Waals surface area contributed by atoms with Gasteiger partial charge in [0.15, 0.2) is 17.5 Å². The third-order valence-corrected chi connectivity index (χ3v) is 13.5. The Labute approximate surface area is 396 Å². The van der Waals surface area contributed by atoms with Crippen LogP contribution in [0.5, 0.6) is 0 Å². The Bertz CT molecular complexity index is 4290. The molecule has 0 unspecified atom stereocenters. The lowest BCUT2D eigenvalue weighted by Gasteiger charge is -2.11. The number of hydrogen-bond donors (Lipinski definition) is 0. The Morgan fingerprint density at radius 2 is 0.754 bits per heavy atom. The minimum atomic E-state index is 0.572. The second kappa shape index (κ2) is 15.6. The first-order chi connectivity index (χ1) is 34.2. The molecule has 69 heavy (non-hydrogen) atoms. The largest absolute Gasteiger partial charge is 0.456 e. The number of fused-ring (bicyclic) bond motifs is 9. The van der Waals surface area contributed by atoms with E-state index in [1.165, 1.54) is 21.9 Å². The van der Waals surface area contributed by atoms with Gasteiger partial charge in [-0.25, -0.2) is 15.0 Å². The fourth-order valence-electron chi connectivity index (χ4n) is 10.2. The predicted molar refractivity (Wildman–Crippen MR) is 281 cm³/mol. The molecule has 322 valence electrons. The molecule has 6 heteroatoms. The molecule has 0 saturated heterocycles. The van der Waals surface area contributed by atoms with Crippen molar-refractivity contribution in [1.29, 1.82) is 0 Å².